The van der Waals surface area contributed by atoms with Gasteiger partial charge in [0, 0.05) is 0 Å². The van der Waals surface area contributed by atoms with Gasteiger partial charge >= 0.3 is 11.9 Å². The van der Waals surface area contributed by atoms with E-state index in [9.17, 15) is 14.0 Å². The molecule has 2 aromatic carbocycles. The molecule has 0 aliphatic heterocycles. The van der Waals surface area contributed by atoms with E-state index in [0.717, 1.165) is 50.7 Å². The van der Waals surface area contributed by atoms with Gasteiger partial charge in [0.15, 0.2) is 6.17 Å². The maximum atomic E-state index is 13.9. The van der Waals surface area contributed by atoms with Crippen LogP contribution in [0.15, 0.2) is 48.5 Å². The lowest BCUT2D eigenvalue weighted by Gasteiger charge is -2.28. The van der Waals surface area contributed by atoms with Crippen molar-refractivity contribution in [3.63, 3.8) is 0 Å². The molecule has 0 heterocycles. The van der Waals surface area contributed by atoms with Crippen molar-refractivity contribution in [2.75, 3.05) is 13.2 Å². The number of hydrogen-bond donors (Lipinski definition) is 0. The Morgan fingerprint density at radius 1 is 0.795 bits per heavy atom. The molecule has 0 amide bonds. The minimum Gasteiger partial charge on any atom is -0.494 e. The smallest absolute Gasteiger partial charge is 0.343 e. The maximum absolute atomic E-state index is 13.9. The second-order valence-corrected chi connectivity index (χ2v) is 10.3. The quantitative estimate of drug-likeness (QED) is 0.122. The van der Waals surface area contributed by atoms with E-state index in [-0.39, 0.29) is 12.5 Å². The molecule has 0 aromatic heterocycles. The molecule has 0 N–H and O–H groups in total. The fourth-order valence-corrected chi connectivity index (χ4v) is 4.55. The van der Waals surface area contributed by atoms with Crippen molar-refractivity contribution in [3.8, 4) is 17.2 Å². The summed E-state index contributed by atoms with van der Waals surface area (Å²) in [6, 6.07) is 14.0. The molecule has 214 valence electrons. The number of esters is 2. The second kappa shape index (κ2) is 16.8. The second-order valence-electron chi connectivity index (χ2n) is 10.3. The first-order valence-electron chi connectivity index (χ1n) is 14.5. The number of hydrogen-bond acceptors (Lipinski definition) is 6. The Morgan fingerprint density at radius 2 is 1.41 bits per heavy atom. The Labute approximate surface area is 232 Å². The minimum absolute atomic E-state index is 0.207. The number of benzene rings is 2. The van der Waals surface area contributed by atoms with E-state index in [0.29, 0.717) is 42.6 Å². The standard InChI is InChI=1S/C32H43FO6/c1-3-5-7-8-22-36-26-16-12-25(13-17-26)31(34)38-29-20-18-27(19-21-29)37-23-24-10-14-28(15-11-24)39-32(35)30(33)9-6-4-2/h12-13,16-21,24,28,30H,3-11,14-15,22-23H2,1-2H3/t24-,28-,30-/m0/s1. The van der Waals surface area contributed by atoms with Crippen LogP contribution in [-0.4, -0.2) is 37.4 Å². The third kappa shape index (κ3) is 10.9. The Hall–Kier alpha value is -3.09. The first-order chi connectivity index (χ1) is 19.0. The summed E-state index contributed by atoms with van der Waals surface area (Å²) in [7, 11) is 0. The van der Waals surface area contributed by atoms with Crippen LogP contribution in [0.4, 0.5) is 4.39 Å². The lowest BCUT2D eigenvalue weighted by Crippen LogP contribution is -2.30. The van der Waals surface area contributed by atoms with Crippen LogP contribution in [0.1, 0.15) is 94.8 Å². The molecule has 2 aromatic rings. The van der Waals surface area contributed by atoms with Gasteiger partial charge in [-0.25, -0.2) is 14.0 Å². The van der Waals surface area contributed by atoms with Gasteiger partial charge in [0.25, 0.3) is 0 Å². The van der Waals surface area contributed by atoms with E-state index in [1.807, 2.05) is 6.92 Å². The van der Waals surface area contributed by atoms with E-state index in [1.165, 1.54) is 12.8 Å². The number of unbranched alkanes of at least 4 members (excludes halogenated alkanes) is 4. The summed E-state index contributed by atoms with van der Waals surface area (Å²) in [4.78, 5) is 24.4. The summed E-state index contributed by atoms with van der Waals surface area (Å²) >= 11 is 0. The summed E-state index contributed by atoms with van der Waals surface area (Å²) in [6.07, 6.45) is 7.82. The van der Waals surface area contributed by atoms with Gasteiger partial charge < -0.3 is 18.9 Å². The Balaban J connectivity index is 1.34. The molecule has 1 atom stereocenters. The van der Waals surface area contributed by atoms with Crippen molar-refractivity contribution in [2.24, 2.45) is 5.92 Å². The predicted octanol–water partition coefficient (Wildman–Crippen LogP) is 7.87. The van der Waals surface area contributed by atoms with Crippen LogP contribution in [0.3, 0.4) is 0 Å². The zero-order valence-corrected chi connectivity index (χ0v) is 23.4. The average Bonchev–Trinajstić information content (AvgIpc) is 2.96. The molecule has 0 unspecified atom stereocenters. The van der Waals surface area contributed by atoms with Crippen LogP contribution >= 0.6 is 0 Å². The molecule has 7 heteroatoms. The van der Waals surface area contributed by atoms with Crippen molar-refractivity contribution >= 4 is 11.9 Å². The number of rotatable bonds is 16. The largest absolute Gasteiger partial charge is 0.494 e. The van der Waals surface area contributed by atoms with Crippen molar-refractivity contribution in [1.82, 2.24) is 0 Å². The SMILES string of the molecule is CCCCCCOc1ccc(C(=O)Oc2ccc(OC[C@H]3CC[C@H](OC(=O)[C@@H](F)CCCC)CC3)cc2)cc1. The van der Waals surface area contributed by atoms with Crippen LogP contribution in [0, 0.1) is 5.92 Å². The number of ether oxygens (including phenoxy) is 4. The molecule has 39 heavy (non-hydrogen) atoms. The summed E-state index contributed by atoms with van der Waals surface area (Å²) in [5.41, 5.74) is 0.456. The lowest BCUT2D eigenvalue weighted by molar-refractivity contribution is -0.157. The molecule has 1 aliphatic carbocycles. The molecule has 0 bridgehead atoms. The van der Waals surface area contributed by atoms with Gasteiger partial charge in [0.05, 0.1) is 18.8 Å². The number of carbonyl (C=O) groups is 2. The van der Waals surface area contributed by atoms with Crippen LogP contribution in [0.2, 0.25) is 0 Å². The molecular weight excluding hydrogens is 499 g/mol. The van der Waals surface area contributed by atoms with E-state index in [1.54, 1.807) is 48.5 Å². The zero-order chi connectivity index (χ0) is 27.9. The fourth-order valence-electron chi connectivity index (χ4n) is 4.55. The van der Waals surface area contributed by atoms with Crippen LogP contribution in [0.25, 0.3) is 0 Å². The Bertz CT molecular complexity index is 983. The van der Waals surface area contributed by atoms with E-state index < -0.39 is 18.1 Å². The third-order valence-corrected chi connectivity index (χ3v) is 7.02. The van der Waals surface area contributed by atoms with E-state index in [2.05, 4.69) is 6.92 Å². The lowest BCUT2D eigenvalue weighted by atomic mass is 9.88. The van der Waals surface area contributed by atoms with Crippen molar-refractivity contribution in [2.45, 2.75) is 96.8 Å². The summed E-state index contributed by atoms with van der Waals surface area (Å²) in [6.45, 7) is 5.38. The van der Waals surface area contributed by atoms with Crippen LogP contribution < -0.4 is 14.2 Å². The molecule has 0 saturated heterocycles. The third-order valence-electron chi connectivity index (χ3n) is 7.02. The van der Waals surface area contributed by atoms with E-state index >= 15 is 0 Å². The van der Waals surface area contributed by atoms with Gasteiger partial charge in [-0.3, -0.25) is 0 Å². The summed E-state index contributed by atoms with van der Waals surface area (Å²) < 4.78 is 36.4. The molecule has 1 fully saturated rings. The van der Waals surface area contributed by atoms with Gasteiger partial charge in [-0.05, 0) is 93.0 Å². The molecular formula is C32H43FO6. The highest BCUT2D eigenvalue weighted by atomic mass is 19.1. The Morgan fingerprint density at radius 3 is 2.08 bits per heavy atom. The summed E-state index contributed by atoms with van der Waals surface area (Å²) in [5.74, 6) is 1.08. The predicted molar refractivity (Wildman–Crippen MR) is 149 cm³/mol. The summed E-state index contributed by atoms with van der Waals surface area (Å²) in [5, 5.41) is 0. The number of carbonyl (C=O) groups excluding carboxylic acids is 2. The van der Waals surface area contributed by atoms with E-state index in [4.69, 9.17) is 18.9 Å². The minimum atomic E-state index is -1.52. The van der Waals surface area contributed by atoms with Crippen molar-refractivity contribution < 1.29 is 32.9 Å². The van der Waals surface area contributed by atoms with Gasteiger partial charge in [-0.15, -0.1) is 0 Å². The van der Waals surface area contributed by atoms with Crippen molar-refractivity contribution in [1.29, 1.82) is 0 Å². The van der Waals surface area contributed by atoms with Crippen molar-refractivity contribution in [3.05, 3.63) is 54.1 Å². The molecule has 1 saturated carbocycles. The van der Waals surface area contributed by atoms with Crippen LogP contribution in [-0.2, 0) is 9.53 Å². The van der Waals surface area contributed by atoms with Gasteiger partial charge in [0.1, 0.15) is 23.4 Å². The number of halogens is 1. The fraction of sp³-hybridized carbons (Fsp3) is 0.562. The molecule has 0 radical (unpaired) electrons. The topological polar surface area (TPSA) is 71.1 Å². The maximum Gasteiger partial charge on any atom is 0.343 e. The van der Waals surface area contributed by atoms with Gasteiger partial charge in [-0.2, -0.15) is 0 Å². The first-order valence-corrected chi connectivity index (χ1v) is 14.5. The average molecular weight is 543 g/mol. The van der Waals surface area contributed by atoms with Gasteiger partial charge in [-0.1, -0.05) is 46.0 Å². The van der Waals surface area contributed by atoms with Crippen LogP contribution in [0.5, 0.6) is 17.2 Å². The monoisotopic (exact) mass is 542 g/mol. The highest BCUT2D eigenvalue weighted by Gasteiger charge is 2.27. The highest BCUT2D eigenvalue weighted by molar-refractivity contribution is 5.91. The zero-order valence-electron chi connectivity index (χ0n) is 23.4. The molecule has 1 aliphatic rings. The van der Waals surface area contributed by atoms with Gasteiger partial charge in [0.2, 0.25) is 0 Å². The molecule has 6 nitrogen and oxygen atoms in total. The molecule has 3 rings (SSSR count). The first kappa shape index (κ1) is 30.5. The normalized spacial score (nSPS) is 17.7. The highest BCUT2D eigenvalue weighted by Crippen LogP contribution is 2.28. The number of alkyl halides is 1. The Kier molecular flexibility index (Phi) is 13.1. The molecule has 0 spiro atoms.